The van der Waals surface area contributed by atoms with Crippen LogP contribution >= 0.6 is 11.8 Å². The first-order chi connectivity index (χ1) is 9.21. The summed E-state index contributed by atoms with van der Waals surface area (Å²) in [6, 6.07) is 0. The Hall–Kier alpha value is -1.78. The molecule has 112 valence electrons. The van der Waals surface area contributed by atoms with Crippen molar-refractivity contribution in [1.82, 2.24) is 15.5 Å². The molecule has 1 aliphatic rings. The first-order valence-corrected chi connectivity index (χ1v) is 6.29. The van der Waals surface area contributed by atoms with Crippen LogP contribution in [0.5, 0.6) is 0 Å². The van der Waals surface area contributed by atoms with Crippen molar-refractivity contribution < 1.29 is 32.3 Å². The number of imide groups is 1. The molecule has 0 aromatic carbocycles. The van der Waals surface area contributed by atoms with Crippen LogP contribution in [0, 0.1) is 0 Å². The standard InChI is InChI=1S/C9H10F3N3O4S/c10-9(11,12)7(18)14-3-5(16)13-1-2-15-6(17)4-20-8(15)19/h1-4H2,(H,13,16)(H,14,18). The number of hydrogen-bond acceptors (Lipinski definition) is 5. The third-order valence-electron chi connectivity index (χ3n) is 2.17. The van der Waals surface area contributed by atoms with Gasteiger partial charge in [0.25, 0.3) is 5.24 Å². The highest BCUT2D eigenvalue weighted by molar-refractivity contribution is 8.14. The van der Waals surface area contributed by atoms with Gasteiger partial charge in [-0.25, -0.2) is 0 Å². The van der Waals surface area contributed by atoms with Gasteiger partial charge in [0, 0.05) is 13.1 Å². The van der Waals surface area contributed by atoms with Crippen molar-refractivity contribution in [3.05, 3.63) is 0 Å². The highest BCUT2D eigenvalue weighted by atomic mass is 32.2. The molecule has 0 aromatic heterocycles. The van der Waals surface area contributed by atoms with Crippen molar-refractivity contribution in [3.8, 4) is 0 Å². The molecule has 0 unspecified atom stereocenters. The molecule has 0 saturated carbocycles. The van der Waals surface area contributed by atoms with E-state index in [1.165, 1.54) is 5.32 Å². The molecule has 1 heterocycles. The van der Waals surface area contributed by atoms with E-state index >= 15 is 0 Å². The molecular formula is C9H10F3N3O4S. The van der Waals surface area contributed by atoms with Crippen LogP contribution in [0.25, 0.3) is 0 Å². The molecule has 4 amide bonds. The summed E-state index contributed by atoms with van der Waals surface area (Å²) in [4.78, 5) is 44.8. The van der Waals surface area contributed by atoms with E-state index < -0.39 is 29.8 Å². The number of carbonyl (C=O) groups excluding carboxylic acids is 4. The molecule has 0 aliphatic carbocycles. The zero-order valence-corrected chi connectivity index (χ0v) is 10.8. The number of halogens is 3. The van der Waals surface area contributed by atoms with E-state index in [1.54, 1.807) is 0 Å². The van der Waals surface area contributed by atoms with Crippen LogP contribution in [0.1, 0.15) is 0 Å². The first-order valence-electron chi connectivity index (χ1n) is 5.30. The highest BCUT2D eigenvalue weighted by Crippen LogP contribution is 2.17. The first kappa shape index (κ1) is 16.3. The van der Waals surface area contributed by atoms with E-state index in [9.17, 15) is 32.3 Å². The number of thioether (sulfide) groups is 1. The zero-order valence-electron chi connectivity index (χ0n) is 9.95. The van der Waals surface area contributed by atoms with Gasteiger partial charge in [0.2, 0.25) is 11.8 Å². The SMILES string of the molecule is O=C(CNC(=O)C(F)(F)F)NCCN1C(=O)CSC1=O. The van der Waals surface area contributed by atoms with Crippen molar-refractivity contribution >= 4 is 34.7 Å². The molecule has 0 atom stereocenters. The van der Waals surface area contributed by atoms with Gasteiger partial charge in [-0.15, -0.1) is 0 Å². The molecule has 2 N–H and O–H groups in total. The molecule has 20 heavy (non-hydrogen) atoms. The predicted octanol–water partition coefficient (Wildman–Crippen LogP) is -0.524. The van der Waals surface area contributed by atoms with E-state index in [1.807, 2.05) is 0 Å². The lowest BCUT2D eigenvalue weighted by atomic mass is 10.4. The molecule has 1 fully saturated rings. The van der Waals surface area contributed by atoms with Crippen molar-refractivity contribution in [3.63, 3.8) is 0 Å². The predicted molar refractivity (Wildman–Crippen MR) is 61.6 cm³/mol. The van der Waals surface area contributed by atoms with Crippen LogP contribution in [-0.4, -0.2) is 59.4 Å². The average molecular weight is 313 g/mol. The smallest absolute Gasteiger partial charge is 0.353 e. The summed E-state index contributed by atoms with van der Waals surface area (Å²) in [5.41, 5.74) is 0. The summed E-state index contributed by atoms with van der Waals surface area (Å²) in [6.07, 6.45) is -5.05. The number of amides is 4. The Morgan fingerprint density at radius 3 is 2.40 bits per heavy atom. The maximum absolute atomic E-state index is 11.8. The van der Waals surface area contributed by atoms with E-state index in [4.69, 9.17) is 0 Å². The maximum Gasteiger partial charge on any atom is 0.471 e. The lowest BCUT2D eigenvalue weighted by molar-refractivity contribution is -0.173. The number of nitrogens with zero attached hydrogens (tertiary/aromatic N) is 1. The number of nitrogens with one attached hydrogen (secondary N) is 2. The van der Waals surface area contributed by atoms with Gasteiger partial charge in [-0.3, -0.25) is 24.1 Å². The van der Waals surface area contributed by atoms with E-state index in [-0.39, 0.29) is 24.7 Å². The van der Waals surface area contributed by atoms with Crippen LogP contribution in [0.3, 0.4) is 0 Å². The Kier molecular flexibility index (Phi) is 5.36. The maximum atomic E-state index is 11.8. The molecule has 0 spiro atoms. The van der Waals surface area contributed by atoms with Gasteiger partial charge < -0.3 is 10.6 Å². The monoisotopic (exact) mass is 313 g/mol. The molecule has 0 bridgehead atoms. The van der Waals surface area contributed by atoms with Crippen LogP contribution < -0.4 is 10.6 Å². The van der Waals surface area contributed by atoms with Crippen molar-refractivity contribution in [2.45, 2.75) is 6.18 Å². The zero-order chi connectivity index (χ0) is 15.3. The minimum Gasteiger partial charge on any atom is -0.353 e. The van der Waals surface area contributed by atoms with Gasteiger partial charge in [-0.05, 0) is 0 Å². The minimum absolute atomic E-state index is 0.0361. The quantitative estimate of drug-likeness (QED) is 0.712. The van der Waals surface area contributed by atoms with Crippen molar-refractivity contribution in [2.75, 3.05) is 25.4 Å². The van der Waals surface area contributed by atoms with E-state index in [2.05, 4.69) is 5.32 Å². The van der Waals surface area contributed by atoms with Crippen LogP contribution in [-0.2, 0) is 14.4 Å². The number of rotatable bonds is 5. The van der Waals surface area contributed by atoms with Crippen LogP contribution in [0.2, 0.25) is 0 Å². The van der Waals surface area contributed by atoms with Gasteiger partial charge >= 0.3 is 12.1 Å². The second-order valence-corrected chi connectivity index (χ2v) is 4.56. The summed E-state index contributed by atoms with van der Waals surface area (Å²) in [7, 11) is 0. The second kappa shape index (κ2) is 6.59. The Labute approximate surface area is 115 Å². The van der Waals surface area contributed by atoms with Gasteiger partial charge in [-0.1, -0.05) is 11.8 Å². The molecule has 11 heteroatoms. The van der Waals surface area contributed by atoms with Gasteiger partial charge in [-0.2, -0.15) is 13.2 Å². The summed E-state index contributed by atoms with van der Waals surface area (Å²) in [5, 5.41) is 3.14. The van der Waals surface area contributed by atoms with Gasteiger partial charge in [0.1, 0.15) is 0 Å². The summed E-state index contributed by atoms with van der Waals surface area (Å²) in [6.45, 7) is -1.00. The molecule has 1 saturated heterocycles. The van der Waals surface area contributed by atoms with E-state index in [0.717, 1.165) is 16.7 Å². The normalized spacial score (nSPS) is 15.4. The Morgan fingerprint density at radius 2 is 1.90 bits per heavy atom. The van der Waals surface area contributed by atoms with E-state index in [0.29, 0.717) is 0 Å². The number of alkyl halides is 3. The lowest BCUT2D eigenvalue weighted by Gasteiger charge is -2.13. The summed E-state index contributed by atoms with van der Waals surface area (Å²) < 4.78 is 35.4. The molecular weight excluding hydrogens is 303 g/mol. The molecule has 0 aromatic rings. The fraction of sp³-hybridized carbons (Fsp3) is 0.556. The highest BCUT2D eigenvalue weighted by Gasteiger charge is 2.38. The third kappa shape index (κ3) is 4.72. The number of carbonyl (C=O) groups is 4. The molecule has 7 nitrogen and oxygen atoms in total. The minimum atomic E-state index is -5.05. The number of hydrogen-bond donors (Lipinski definition) is 2. The Morgan fingerprint density at radius 1 is 1.25 bits per heavy atom. The molecule has 0 radical (unpaired) electrons. The van der Waals surface area contributed by atoms with Crippen LogP contribution in [0.4, 0.5) is 18.0 Å². The summed E-state index contributed by atoms with van der Waals surface area (Å²) in [5.74, 6) is -3.42. The third-order valence-corrected chi connectivity index (χ3v) is 3.02. The van der Waals surface area contributed by atoms with Crippen molar-refractivity contribution in [2.24, 2.45) is 0 Å². The average Bonchev–Trinajstić information content (AvgIpc) is 2.66. The van der Waals surface area contributed by atoms with Gasteiger partial charge in [0.05, 0.1) is 12.3 Å². The Bertz CT molecular complexity index is 425. The van der Waals surface area contributed by atoms with Gasteiger partial charge in [0.15, 0.2) is 0 Å². The second-order valence-electron chi connectivity index (χ2n) is 3.63. The van der Waals surface area contributed by atoms with Crippen molar-refractivity contribution in [1.29, 1.82) is 0 Å². The van der Waals surface area contributed by atoms with Crippen LogP contribution in [0.15, 0.2) is 0 Å². The Balaban J connectivity index is 2.22. The summed E-state index contributed by atoms with van der Waals surface area (Å²) >= 11 is 0.832. The fourth-order valence-corrected chi connectivity index (χ4v) is 1.98. The largest absolute Gasteiger partial charge is 0.471 e. The topological polar surface area (TPSA) is 95.6 Å². The lowest BCUT2D eigenvalue weighted by Crippen LogP contribution is -2.44. The molecule has 1 aliphatic heterocycles. The fourth-order valence-electron chi connectivity index (χ4n) is 1.23. The molecule has 1 rings (SSSR count).